The minimum Gasteiger partial charge on any atom is -0.452 e. The van der Waals surface area contributed by atoms with Gasteiger partial charge in [0.2, 0.25) is 10.0 Å². The van der Waals surface area contributed by atoms with E-state index in [0.717, 1.165) is 12.8 Å². The third-order valence-electron chi connectivity index (χ3n) is 5.46. The molecule has 8 nitrogen and oxygen atoms in total. The number of benzene rings is 2. The van der Waals surface area contributed by atoms with E-state index in [0.29, 0.717) is 35.9 Å². The minimum atomic E-state index is -3.55. The highest BCUT2D eigenvalue weighted by atomic mass is 32.2. The fraction of sp³-hybridized carbons (Fsp3) is 0.364. The molecule has 1 aliphatic rings. The lowest BCUT2D eigenvalue weighted by Gasteiger charge is -2.29. The fourth-order valence-corrected chi connectivity index (χ4v) is 4.84. The van der Waals surface area contributed by atoms with E-state index in [1.54, 1.807) is 31.3 Å². The monoisotopic (exact) mass is 445 g/mol. The quantitative estimate of drug-likeness (QED) is 0.759. The van der Waals surface area contributed by atoms with Crippen LogP contribution >= 0.6 is 0 Å². The van der Waals surface area contributed by atoms with E-state index in [2.05, 4.69) is 17.0 Å². The third kappa shape index (κ3) is 5.23. The second-order valence-corrected chi connectivity index (χ2v) is 9.58. The van der Waals surface area contributed by atoms with Gasteiger partial charge in [-0.15, -0.1) is 0 Å². The molecule has 1 saturated heterocycles. The molecule has 1 aliphatic heterocycles. The number of nitrogens with one attached hydrogen (secondary N) is 1. The number of sulfonamides is 1. The largest absolute Gasteiger partial charge is 0.452 e. The number of piperidine rings is 1. The average molecular weight is 446 g/mol. The van der Waals surface area contributed by atoms with Crippen molar-refractivity contribution in [3.05, 3.63) is 54.1 Å². The zero-order valence-electron chi connectivity index (χ0n) is 17.9. The van der Waals surface area contributed by atoms with Gasteiger partial charge in [0, 0.05) is 37.1 Å². The van der Waals surface area contributed by atoms with Gasteiger partial charge in [0.1, 0.15) is 0 Å². The maximum Gasteiger partial charge on any atom is 0.413 e. The first-order chi connectivity index (χ1) is 14.7. The summed E-state index contributed by atoms with van der Waals surface area (Å²) in [6, 6.07) is 12.7. The van der Waals surface area contributed by atoms with Gasteiger partial charge in [0.25, 0.3) is 5.91 Å². The number of methoxy groups -OCH3 is 1. The molecule has 31 heavy (non-hydrogen) atoms. The zero-order valence-corrected chi connectivity index (χ0v) is 18.7. The maximum absolute atomic E-state index is 12.8. The first kappa shape index (κ1) is 22.8. The number of amides is 2. The lowest BCUT2D eigenvalue weighted by atomic mass is 10.0. The van der Waals surface area contributed by atoms with Crippen LogP contribution in [0.5, 0.6) is 0 Å². The van der Waals surface area contributed by atoms with Crippen LogP contribution < -0.4 is 10.2 Å². The van der Waals surface area contributed by atoms with E-state index < -0.39 is 16.1 Å². The fourth-order valence-electron chi connectivity index (χ4n) is 3.37. The molecule has 166 valence electrons. The summed E-state index contributed by atoms with van der Waals surface area (Å²) in [6.07, 6.45) is 1.22. The molecule has 0 bridgehead atoms. The van der Waals surface area contributed by atoms with Crippen molar-refractivity contribution in [2.45, 2.75) is 24.7 Å². The summed E-state index contributed by atoms with van der Waals surface area (Å²) in [6.45, 7) is 3.17. The van der Waals surface area contributed by atoms with Crippen LogP contribution in [0.25, 0.3) is 0 Å². The summed E-state index contributed by atoms with van der Waals surface area (Å²) in [5, 5.41) is 2.76. The molecular formula is C22H27N3O5S. The Labute approximate surface area is 182 Å². The Balaban J connectivity index is 1.66. The van der Waals surface area contributed by atoms with E-state index in [1.807, 2.05) is 0 Å². The normalized spacial score (nSPS) is 15.3. The van der Waals surface area contributed by atoms with E-state index in [1.165, 1.54) is 40.6 Å². The molecule has 3 rings (SSSR count). The molecule has 0 atom stereocenters. The third-order valence-corrected chi connectivity index (χ3v) is 7.37. The Hall–Kier alpha value is -2.91. The molecule has 1 N–H and O–H groups in total. The molecule has 2 aromatic carbocycles. The molecular weight excluding hydrogens is 418 g/mol. The summed E-state index contributed by atoms with van der Waals surface area (Å²) in [7, 11) is -0.664. The van der Waals surface area contributed by atoms with Crippen LogP contribution in [-0.4, -0.2) is 52.0 Å². The van der Waals surface area contributed by atoms with Crippen molar-refractivity contribution in [2.24, 2.45) is 5.92 Å². The molecule has 0 spiro atoms. The molecule has 0 aromatic heterocycles. The van der Waals surface area contributed by atoms with E-state index in [-0.39, 0.29) is 10.8 Å². The van der Waals surface area contributed by atoms with Crippen molar-refractivity contribution in [3.8, 4) is 0 Å². The number of ether oxygens (including phenoxy) is 1. The molecule has 0 unspecified atom stereocenters. The van der Waals surface area contributed by atoms with Gasteiger partial charge in [0.05, 0.1) is 12.0 Å². The first-order valence-electron chi connectivity index (χ1n) is 10.1. The van der Waals surface area contributed by atoms with E-state index >= 15 is 0 Å². The topological polar surface area (TPSA) is 96.0 Å². The molecule has 2 amide bonds. The Bertz CT molecular complexity index is 1030. The molecule has 0 radical (unpaired) electrons. The molecule has 1 fully saturated rings. The summed E-state index contributed by atoms with van der Waals surface area (Å²) >= 11 is 0. The second-order valence-electron chi connectivity index (χ2n) is 7.64. The Morgan fingerprint density at radius 1 is 1.03 bits per heavy atom. The molecule has 1 heterocycles. The van der Waals surface area contributed by atoms with Crippen molar-refractivity contribution in [3.63, 3.8) is 0 Å². The van der Waals surface area contributed by atoms with E-state index in [9.17, 15) is 18.0 Å². The average Bonchev–Trinajstić information content (AvgIpc) is 2.79. The SMILES string of the molecule is COC(=O)N(C)c1ccc(NC(=O)c2ccc(S(=O)(=O)N3CCC(C)CC3)cc2)cc1. The van der Waals surface area contributed by atoms with Crippen molar-refractivity contribution in [2.75, 3.05) is 37.5 Å². The number of anilines is 2. The van der Waals surface area contributed by atoms with E-state index in [4.69, 9.17) is 0 Å². The highest BCUT2D eigenvalue weighted by molar-refractivity contribution is 7.89. The molecule has 0 saturated carbocycles. The number of nitrogens with zero attached hydrogens (tertiary/aromatic N) is 2. The molecule has 9 heteroatoms. The number of hydrogen-bond donors (Lipinski definition) is 1. The minimum absolute atomic E-state index is 0.189. The van der Waals surface area contributed by atoms with Crippen molar-refractivity contribution < 1.29 is 22.7 Å². The summed E-state index contributed by atoms with van der Waals surface area (Å²) in [4.78, 5) is 25.6. The van der Waals surface area contributed by atoms with Gasteiger partial charge in [-0.3, -0.25) is 9.69 Å². The van der Waals surface area contributed by atoms with Gasteiger partial charge < -0.3 is 10.1 Å². The van der Waals surface area contributed by atoms with Gasteiger partial charge in [-0.1, -0.05) is 6.92 Å². The number of carbonyl (C=O) groups excluding carboxylic acids is 2. The molecule has 0 aliphatic carbocycles. The second kappa shape index (κ2) is 9.49. The first-order valence-corrected chi connectivity index (χ1v) is 11.5. The van der Waals surface area contributed by atoms with Crippen LogP contribution in [0.4, 0.5) is 16.2 Å². The van der Waals surface area contributed by atoms with Gasteiger partial charge >= 0.3 is 6.09 Å². The van der Waals surface area contributed by atoms with Crippen LogP contribution in [-0.2, 0) is 14.8 Å². The number of rotatable bonds is 5. The zero-order chi connectivity index (χ0) is 22.6. The van der Waals surface area contributed by atoms with Gasteiger partial charge in [-0.2, -0.15) is 4.31 Å². The Kier molecular flexibility index (Phi) is 6.97. The maximum atomic E-state index is 12.8. The predicted octanol–water partition coefficient (Wildman–Crippen LogP) is 3.56. The van der Waals surface area contributed by atoms with Gasteiger partial charge in [-0.05, 0) is 67.3 Å². The van der Waals surface area contributed by atoms with Crippen molar-refractivity contribution in [1.29, 1.82) is 0 Å². The Morgan fingerprint density at radius 3 is 2.16 bits per heavy atom. The number of carbonyl (C=O) groups is 2. The summed E-state index contributed by atoms with van der Waals surface area (Å²) in [5.41, 5.74) is 1.51. The summed E-state index contributed by atoms with van der Waals surface area (Å²) < 4.78 is 31.8. The van der Waals surface area contributed by atoms with Gasteiger partial charge in [-0.25, -0.2) is 13.2 Å². The predicted molar refractivity (Wildman–Crippen MR) is 119 cm³/mol. The van der Waals surface area contributed by atoms with Crippen LogP contribution in [0.2, 0.25) is 0 Å². The van der Waals surface area contributed by atoms with Crippen LogP contribution in [0.1, 0.15) is 30.1 Å². The lowest BCUT2D eigenvalue weighted by molar-refractivity contribution is 0.102. The smallest absolute Gasteiger partial charge is 0.413 e. The lowest BCUT2D eigenvalue weighted by Crippen LogP contribution is -2.37. The number of hydrogen-bond acceptors (Lipinski definition) is 5. The standard InChI is InChI=1S/C22H27N3O5S/c1-16-12-14-25(15-13-16)31(28,29)20-10-4-17(5-11-20)21(26)23-18-6-8-19(9-7-18)24(2)22(27)30-3/h4-11,16H,12-15H2,1-3H3,(H,23,26). The van der Waals surface area contributed by atoms with Crippen LogP contribution in [0.15, 0.2) is 53.4 Å². The van der Waals surface area contributed by atoms with Crippen molar-refractivity contribution in [1.82, 2.24) is 4.31 Å². The highest BCUT2D eigenvalue weighted by Crippen LogP contribution is 2.24. The van der Waals surface area contributed by atoms with Gasteiger partial charge in [0.15, 0.2) is 0 Å². The van der Waals surface area contributed by atoms with Crippen molar-refractivity contribution >= 4 is 33.4 Å². The molecule has 2 aromatic rings. The van der Waals surface area contributed by atoms with Crippen LogP contribution in [0.3, 0.4) is 0 Å². The Morgan fingerprint density at radius 2 is 1.61 bits per heavy atom. The highest BCUT2D eigenvalue weighted by Gasteiger charge is 2.28. The van der Waals surface area contributed by atoms with Crippen LogP contribution in [0, 0.1) is 5.92 Å². The summed E-state index contributed by atoms with van der Waals surface area (Å²) in [5.74, 6) is 0.178.